The second kappa shape index (κ2) is 5.98. The van der Waals surface area contributed by atoms with E-state index in [1.54, 1.807) is 19.3 Å². The maximum absolute atomic E-state index is 12.2. The summed E-state index contributed by atoms with van der Waals surface area (Å²) in [5.41, 5.74) is 1.00. The summed E-state index contributed by atoms with van der Waals surface area (Å²) in [6, 6.07) is 3.58. The Kier molecular flexibility index (Phi) is 4.54. The molecule has 0 aromatic carbocycles. The Hall–Kier alpha value is -0.980. The average molecular weight is 283 g/mol. The molecule has 0 saturated heterocycles. The number of sulfonamides is 1. The summed E-state index contributed by atoms with van der Waals surface area (Å²) in [7, 11) is -1.79. The van der Waals surface area contributed by atoms with Crippen LogP contribution >= 0.6 is 0 Å². The molecule has 1 N–H and O–H groups in total. The maximum atomic E-state index is 12.2. The van der Waals surface area contributed by atoms with E-state index in [2.05, 4.69) is 17.2 Å². The van der Waals surface area contributed by atoms with E-state index in [0.29, 0.717) is 0 Å². The van der Waals surface area contributed by atoms with E-state index in [1.807, 2.05) is 6.07 Å². The van der Waals surface area contributed by atoms with Crippen molar-refractivity contribution in [3.63, 3.8) is 0 Å². The van der Waals surface area contributed by atoms with Crippen molar-refractivity contribution in [1.82, 2.24) is 14.6 Å². The van der Waals surface area contributed by atoms with Gasteiger partial charge in [0.25, 0.3) is 10.0 Å². The van der Waals surface area contributed by atoms with Gasteiger partial charge < -0.3 is 5.32 Å². The summed E-state index contributed by atoms with van der Waals surface area (Å²) in [5, 5.41) is 3.40. The second-order valence-electron chi connectivity index (χ2n) is 4.93. The van der Waals surface area contributed by atoms with Crippen LogP contribution in [0.2, 0.25) is 0 Å². The maximum Gasteiger partial charge on any atom is 0.260 e. The summed E-state index contributed by atoms with van der Waals surface area (Å²) in [6.45, 7) is 3.78. The standard InChI is InChI=1S/C13H21N3O2S/c1-3-8-14-9-11-4-7-13(15-10-11)19(17,18)16(2)12-5-6-12/h4,7,10,12,14H,3,5-6,8-9H2,1-2H3. The number of hydrogen-bond donors (Lipinski definition) is 1. The van der Waals surface area contributed by atoms with Gasteiger partial charge in [0.1, 0.15) is 0 Å². The van der Waals surface area contributed by atoms with Crippen LogP contribution in [0.1, 0.15) is 31.7 Å². The molecule has 1 aromatic heterocycles. The Bertz CT molecular complexity index is 509. The molecule has 1 aromatic rings. The first-order valence-electron chi connectivity index (χ1n) is 6.69. The Labute approximate surface area is 115 Å². The van der Waals surface area contributed by atoms with Crippen molar-refractivity contribution >= 4 is 10.0 Å². The van der Waals surface area contributed by atoms with E-state index < -0.39 is 10.0 Å². The number of pyridine rings is 1. The predicted molar refractivity (Wildman–Crippen MR) is 74.2 cm³/mol. The third kappa shape index (κ3) is 3.52. The summed E-state index contributed by atoms with van der Waals surface area (Å²) >= 11 is 0. The van der Waals surface area contributed by atoms with E-state index in [1.165, 1.54) is 4.31 Å². The molecular weight excluding hydrogens is 262 g/mol. The van der Waals surface area contributed by atoms with E-state index >= 15 is 0 Å². The highest BCUT2D eigenvalue weighted by Crippen LogP contribution is 2.29. The fourth-order valence-corrected chi connectivity index (χ4v) is 3.18. The van der Waals surface area contributed by atoms with E-state index in [-0.39, 0.29) is 11.1 Å². The minimum absolute atomic E-state index is 0.140. The van der Waals surface area contributed by atoms with Crippen LogP contribution in [0.4, 0.5) is 0 Å². The Morgan fingerprint density at radius 1 is 1.42 bits per heavy atom. The smallest absolute Gasteiger partial charge is 0.260 e. The summed E-state index contributed by atoms with van der Waals surface area (Å²) in [5.74, 6) is 0. The average Bonchev–Trinajstić information content (AvgIpc) is 3.23. The molecule has 19 heavy (non-hydrogen) atoms. The SMILES string of the molecule is CCCNCc1ccc(S(=O)(=O)N(C)C2CC2)nc1. The largest absolute Gasteiger partial charge is 0.313 e. The molecule has 1 heterocycles. The van der Waals surface area contributed by atoms with Gasteiger partial charge in [-0.1, -0.05) is 13.0 Å². The van der Waals surface area contributed by atoms with Gasteiger partial charge in [0.05, 0.1) is 0 Å². The Morgan fingerprint density at radius 2 is 2.16 bits per heavy atom. The zero-order valence-electron chi connectivity index (χ0n) is 11.5. The zero-order valence-corrected chi connectivity index (χ0v) is 12.3. The molecule has 0 aliphatic heterocycles. The van der Waals surface area contributed by atoms with Gasteiger partial charge in [-0.25, -0.2) is 13.4 Å². The zero-order chi connectivity index (χ0) is 13.9. The molecule has 0 amide bonds. The van der Waals surface area contributed by atoms with Gasteiger partial charge in [0, 0.05) is 25.8 Å². The molecule has 2 rings (SSSR count). The van der Waals surface area contributed by atoms with Crippen LogP contribution in [0.3, 0.4) is 0 Å². The molecule has 0 radical (unpaired) electrons. The minimum Gasteiger partial charge on any atom is -0.313 e. The molecule has 1 saturated carbocycles. The molecule has 0 bridgehead atoms. The number of aromatic nitrogens is 1. The fourth-order valence-electron chi connectivity index (χ4n) is 1.86. The van der Waals surface area contributed by atoms with Gasteiger partial charge >= 0.3 is 0 Å². The van der Waals surface area contributed by atoms with Gasteiger partial charge in [-0.15, -0.1) is 0 Å². The summed E-state index contributed by atoms with van der Waals surface area (Å²) in [4.78, 5) is 4.09. The second-order valence-corrected chi connectivity index (χ2v) is 6.88. The lowest BCUT2D eigenvalue weighted by molar-refractivity contribution is 0.461. The van der Waals surface area contributed by atoms with Crippen molar-refractivity contribution in [2.24, 2.45) is 0 Å². The lowest BCUT2D eigenvalue weighted by Crippen LogP contribution is -2.29. The number of nitrogens with zero attached hydrogens (tertiary/aromatic N) is 2. The lowest BCUT2D eigenvalue weighted by Gasteiger charge is -2.15. The van der Waals surface area contributed by atoms with Crippen LogP contribution in [0.15, 0.2) is 23.4 Å². The third-order valence-electron chi connectivity index (χ3n) is 3.26. The van der Waals surface area contributed by atoms with Gasteiger partial charge in [-0.2, -0.15) is 4.31 Å². The van der Waals surface area contributed by atoms with Crippen LogP contribution in [0.5, 0.6) is 0 Å². The van der Waals surface area contributed by atoms with Crippen LogP contribution in [0, 0.1) is 0 Å². The molecule has 0 spiro atoms. The predicted octanol–water partition coefficient (Wildman–Crippen LogP) is 1.36. The molecule has 6 heteroatoms. The van der Waals surface area contributed by atoms with Crippen LogP contribution < -0.4 is 5.32 Å². The number of nitrogens with one attached hydrogen (secondary N) is 1. The van der Waals surface area contributed by atoms with Crippen molar-refractivity contribution in [2.75, 3.05) is 13.6 Å². The quantitative estimate of drug-likeness (QED) is 0.768. The third-order valence-corrected chi connectivity index (χ3v) is 5.08. The summed E-state index contributed by atoms with van der Waals surface area (Å²) in [6.07, 6.45) is 4.62. The molecule has 1 aliphatic rings. The van der Waals surface area contributed by atoms with E-state index in [0.717, 1.165) is 37.9 Å². The molecule has 1 fully saturated rings. The van der Waals surface area contributed by atoms with Crippen molar-refractivity contribution in [3.8, 4) is 0 Å². The monoisotopic (exact) mass is 283 g/mol. The number of rotatable bonds is 7. The molecule has 0 unspecified atom stereocenters. The molecular formula is C13H21N3O2S. The molecule has 106 valence electrons. The first-order chi connectivity index (χ1) is 9.05. The highest BCUT2D eigenvalue weighted by atomic mass is 32.2. The molecule has 1 aliphatic carbocycles. The lowest BCUT2D eigenvalue weighted by atomic mass is 10.3. The van der Waals surface area contributed by atoms with Gasteiger partial charge in [-0.05, 0) is 37.4 Å². The van der Waals surface area contributed by atoms with Crippen molar-refractivity contribution < 1.29 is 8.42 Å². The van der Waals surface area contributed by atoms with Gasteiger partial charge in [0.15, 0.2) is 5.03 Å². The van der Waals surface area contributed by atoms with Gasteiger partial charge in [-0.3, -0.25) is 0 Å². The van der Waals surface area contributed by atoms with Gasteiger partial charge in [0.2, 0.25) is 0 Å². The van der Waals surface area contributed by atoms with Crippen molar-refractivity contribution in [1.29, 1.82) is 0 Å². The first kappa shape index (κ1) is 14.4. The Morgan fingerprint density at radius 3 is 2.68 bits per heavy atom. The van der Waals surface area contributed by atoms with Crippen molar-refractivity contribution in [2.45, 2.75) is 43.8 Å². The molecule has 0 atom stereocenters. The summed E-state index contributed by atoms with van der Waals surface area (Å²) < 4.78 is 25.9. The fraction of sp³-hybridized carbons (Fsp3) is 0.615. The first-order valence-corrected chi connectivity index (χ1v) is 8.13. The van der Waals surface area contributed by atoms with Crippen LogP contribution in [-0.2, 0) is 16.6 Å². The van der Waals surface area contributed by atoms with E-state index in [9.17, 15) is 8.42 Å². The van der Waals surface area contributed by atoms with Crippen LogP contribution in [0.25, 0.3) is 0 Å². The minimum atomic E-state index is -3.42. The Balaban J connectivity index is 2.04. The number of hydrogen-bond acceptors (Lipinski definition) is 4. The van der Waals surface area contributed by atoms with Crippen LogP contribution in [-0.4, -0.2) is 37.3 Å². The normalized spacial score (nSPS) is 15.9. The highest BCUT2D eigenvalue weighted by molar-refractivity contribution is 7.89. The topological polar surface area (TPSA) is 62.3 Å². The molecule has 5 nitrogen and oxygen atoms in total. The van der Waals surface area contributed by atoms with Crippen molar-refractivity contribution in [3.05, 3.63) is 23.9 Å². The highest BCUT2D eigenvalue weighted by Gasteiger charge is 2.35. The van der Waals surface area contributed by atoms with E-state index in [4.69, 9.17) is 0 Å².